The van der Waals surface area contributed by atoms with Crippen LogP contribution in [0.1, 0.15) is 48.4 Å². The lowest BCUT2D eigenvalue weighted by Crippen LogP contribution is -2.16. The Balaban J connectivity index is 1.78. The van der Waals surface area contributed by atoms with Crippen molar-refractivity contribution in [2.24, 2.45) is 5.92 Å². The maximum absolute atomic E-state index is 14.8. The zero-order chi connectivity index (χ0) is 18.5. The van der Waals surface area contributed by atoms with Crippen molar-refractivity contribution in [2.45, 2.75) is 39.0 Å². The SMILES string of the molecule is C/C=C/CCC1CCc2c(ccc(C#Cc3ccc(F)c(F)c3)c2F)C1. The Hall–Kier alpha value is -2.47. The zero-order valence-corrected chi connectivity index (χ0v) is 14.8. The van der Waals surface area contributed by atoms with E-state index < -0.39 is 11.6 Å². The average molecular weight is 354 g/mol. The maximum atomic E-state index is 14.8. The van der Waals surface area contributed by atoms with Crippen LogP contribution in [-0.2, 0) is 12.8 Å². The minimum absolute atomic E-state index is 0.274. The van der Waals surface area contributed by atoms with Crippen molar-refractivity contribution in [2.75, 3.05) is 0 Å². The second-order valence-corrected chi connectivity index (χ2v) is 6.70. The third-order valence-corrected chi connectivity index (χ3v) is 4.89. The molecular formula is C23H21F3. The smallest absolute Gasteiger partial charge is 0.160 e. The van der Waals surface area contributed by atoms with Crippen LogP contribution in [0, 0.1) is 35.2 Å². The Bertz CT molecular complexity index is 884. The van der Waals surface area contributed by atoms with Gasteiger partial charge in [-0.1, -0.05) is 30.1 Å². The van der Waals surface area contributed by atoms with Gasteiger partial charge in [-0.2, -0.15) is 0 Å². The first-order valence-electron chi connectivity index (χ1n) is 8.97. The van der Waals surface area contributed by atoms with Gasteiger partial charge >= 0.3 is 0 Å². The Morgan fingerprint density at radius 1 is 1.08 bits per heavy atom. The number of hydrogen-bond donors (Lipinski definition) is 0. The van der Waals surface area contributed by atoms with Gasteiger partial charge in [-0.25, -0.2) is 13.2 Å². The van der Waals surface area contributed by atoms with E-state index in [1.54, 1.807) is 6.07 Å². The number of hydrogen-bond acceptors (Lipinski definition) is 0. The van der Waals surface area contributed by atoms with Gasteiger partial charge in [0.1, 0.15) is 5.82 Å². The van der Waals surface area contributed by atoms with Crippen molar-refractivity contribution >= 4 is 0 Å². The molecule has 0 aliphatic heterocycles. The van der Waals surface area contributed by atoms with E-state index in [1.165, 1.54) is 6.07 Å². The molecule has 3 heteroatoms. The first-order valence-corrected chi connectivity index (χ1v) is 8.97. The van der Waals surface area contributed by atoms with E-state index in [4.69, 9.17) is 0 Å². The summed E-state index contributed by atoms with van der Waals surface area (Å²) in [5.74, 6) is 3.92. The van der Waals surface area contributed by atoms with E-state index in [-0.39, 0.29) is 5.82 Å². The summed E-state index contributed by atoms with van der Waals surface area (Å²) in [7, 11) is 0. The van der Waals surface area contributed by atoms with Crippen LogP contribution in [-0.4, -0.2) is 0 Å². The largest absolute Gasteiger partial charge is 0.205 e. The fourth-order valence-corrected chi connectivity index (χ4v) is 3.44. The third-order valence-electron chi connectivity index (χ3n) is 4.89. The van der Waals surface area contributed by atoms with Crippen molar-refractivity contribution in [3.63, 3.8) is 0 Å². The van der Waals surface area contributed by atoms with Crippen molar-refractivity contribution in [1.29, 1.82) is 0 Å². The molecule has 1 aliphatic rings. The Kier molecular flexibility index (Phi) is 5.83. The van der Waals surface area contributed by atoms with E-state index in [0.717, 1.165) is 55.4 Å². The molecule has 2 aromatic rings. The van der Waals surface area contributed by atoms with Crippen LogP contribution in [0.15, 0.2) is 42.5 Å². The van der Waals surface area contributed by atoms with E-state index in [2.05, 4.69) is 24.0 Å². The number of halogens is 3. The second kappa shape index (κ2) is 8.27. The molecule has 0 fully saturated rings. The van der Waals surface area contributed by atoms with Gasteiger partial charge in [0.05, 0.1) is 5.56 Å². The molecule has 2 aromatic carbocycles. The van der Waals surface area contributed by atoms with E-state index >= 15 is 0 Å². The molecule has 0 radical (unpaired) electrons. The number of benzene rings is 2. The summed E-state index contributed by atoms with van der Waals surface area (Å²) in [5.41, 5.74) is 2.45. The Morgan fingerprint density at radius 2 is 1.92 bits per heavy atom. The molecule has 1 atom stereocenters. The molecule has 26 heavy (non-hydrogen) atoms. The molecular weight excluding hydrogens is 333 g/mol. The highest BCUT2D eigenvalue weighted by Gasteiger charge is 2.22. The van der Waals surface area contributed by atoms with Gasteiger partial charge in [-0.05, 0) is 80.3 Å². The van der Waals surface area contributed by atoms with Crippen LogP contribution < -0.4 is 0 Å². The average Bonchev–Trinajstić information content (AvgIpc) is 2.64. The van der Waals surface area contributed by atoms with Crippen molar-refractivity contribution in [1.82, 2.24) is 0 Å². The molecule has 0 aromatic heterocycles. The van der Waals surface area contributed by atoms with Gasteiger partial charge in [0.25, 0.3) is 0 Å². The highest BCUT2D eigenvalue weighted by Crippen LogP contribution is 2.31. The molecule has 0 saturated heterocycles. The summed E-state index contributed by atoms with van der Waals surface area (Å²) in [4.78, 5) is 0. The quantitative estimate of drug-likeness (QED) is 0.471. The normalized spacial score (nSPS) is 16.2. The summed E-state index contributed by atoms with van der Waals surface area (Å²) in [6, 6.07) is 7.08. The van der Waals surface area contributed by atoms with Gasteiger partial charge in [0.2, 0.25) is 0 Å². The molecule has 3 rings (SSSR count). The zero-order valence-electron chi connectivity index (χ0n) is 14.8. The van der Waals surface area contributed by atoms with Crippen LogP contribution in [0.2, 0.25) is 0 Å². The first kappa shape index (κ1) is 18.3. The van der Waals surface area contributed by atoms with E-state index in [0.29, 0.717) is 17.0 Å². The third kappa shape index (κ3) is 4.19. The van der Waals surface area contributed by atoms with Gasteiger partial charge < -0.3 is 0 Å². The minimum Gasteiger partial charge on any atom is -0.205 e. The molecule has 134 valence electrons. The molecule has 0 spiro atoms. The van der Waals surface area contributed by atoms with Crippen LogP contribution in [0.5, 0.6) is 0 Å². The summed E-state index contributed by atoms with van der Waals surface area (Å²) in [6.45, 7) is 2.02. The lowest BCUT2D eigenvalue weighted by molar-refractivity contribution is 0.421. The minimum atomic E-state index is -0.952. The Morgan fingerprint density at radius 3 is 2.69 bits per heavy atom. The number of allylic oxidation sites excluding steroid dienone is 2. The van der Waals surface area contributed by atoms with Crippen LogP contribution in [0.25, 0.3) is 0 Å². The Labute approximate surface area is 152 Å². The highest BCUT2D eigenvalue weighted by atomic mass is 19.2. The molecule has 1 unspecified atom stereocenters. The lowest BCUT2D eigenvalue weighted by Gasteiger charge is -2.25. The molecule has 0 nitrogen and oxygen atoms in total. The van der Waals surface area contributed by atoms with Crippen molar-refractivity contribution in [3.8, 4) is 11.8 Å². The standard InChI is InChI=1S/C23H21F3/c1-2-3-4-5-16-7-12-20-19(14-16)11-10-18(23(20)26)9-6-17-8-13-21(24)22(25)15-17/h2-3,8,10-11,13,15-16H,4-5,7,12,14H2,1H3/b3-2+. The predicted molar refractivity (Wildman–Crippen MR) is 98.3 cm³/mol. The first-order chi connectivity index (χ1) is 12.6. The maximum Gasteiger partial charge on any atom is 0.160 e. The van der Waals surface area contributed by atoms with Crippen LogP contribution in [0.4, 0.5) is 13.2 Å². The summed E-state index contributed by atoms with van der Waals surface area (Å²) >= 11 is 0. The topological polar surface area (TPSA) is 0 Å². The van der Waals surface area contributed by atoms with Crippen molar-refractivity contribution in [3.05, 3.63) is 82.2 Å². The fraction of sp³-hybridized carbons (Fsp3) is 0.304. The van der Waals surface area contributed by atoms with Gasteiger partial charge in [-0.15, -0.1) is 0 Å². The van der Waals surface area contributed by atoms with Gasteiger partial charge in [-0.3, -0.25) is 0 Å². The summed E-state index contributed by atoms with van der Waals surface area (Å²) in [6.07, 6.45) is 9.05. The van der Waals surface area contributed by atoms with E-state index in [1.807, 2.05) is 13.0 Å². The second-order valence-electron chi connectivity index (χ2n) is 6.70. The molecule has 0 N–H and O–H groups in total. The number of fused-ring (bicyclic) bond motifs is 1. The fourth-order valence-electron chi connectivity index (χ4n) is 3.44. The predicted octanol–water partition coefficient (Wildman–Crippen LogP) is 5.96. The number of rotatable bonds is 3. The molecule has 0 heterocycles. The van der Waals surface area contributed by atoms with Gasteiger partial charge in [0.15, 0.2) is 11.6 Å². The van der Waals surface area contributed by atoms with E-state index in [9.17, 15) is 13.2 Å². The summed E-state index contributed by atoms with van der Waals surface area (Å²) < 4.78 is 41.0. The lowest BCUT2D eigenvalue weighted by atomic mass is 9.81. The van der Waals surface area contributed by atoms with Crippen LogP contribution >= 0.6 is 0 Å². The highest BCUT2D eigenvalue weighted by molar-refractivity contribution is 5.47. The molecule has 0 amide bonds. The van der Waals surface area contributed by atoms with Crippen LogP contribution in [0.3, 0.4) is 0 Å². The molecule has 0 bridgehead atoms. The molecule has 1 aliphatic carbocycles. The molecule has 0 saturated carbocycles. The van der Waals surface area contributed by atoms with Gasteiger partial charge in [0, 0.05) is 5.56 Å². The summed E-state index contributed by atoms with van der Waals surface area (Å²) in [5, 5.41) is 0. The van der Waals surface area contributed by atoms with Crippen molar-refractivity contribution < 1.29 is 13.2 Å². The monoisotopic (exact) mass is 354 g/mol.